The number of hydrogen-bond donors (Lipinski definition) is 2. The minimum Gasteiger partial charge on any atom is -0.455 e. The smallest absolute Gasteiger partial charge is 0.255 e. The summed E-state index contributed by atoms with van der Waals surface area (Å²) in [4.78, 5) is 16.1. The van der Waals surface area contributed by atoms with Crippen LogP contribution < -0.4 is 14.8 Å². The van der Waals surface area contributed by atoms with Crippen molar-refractivity contribution in [3.8, 4) is 11.5 Å². The molecule has 122 valence electrons. The number of amides is 1. The van der Waals surface area contributed by atoms with E-state index in [0.29, 0.717) is 17.1 Å². The third kappa shape index (κ3) is 5.68. The zero-order valence-corrected chi connectivity index (χ0v) is 13.3. The van der Waals surface area contributed by atoms with Crippen molar-refractivity contribution in [3.63, 3.8) is 0 Å². The summed E-state index contributed by atoms with van der Waals surface area (Å²) in [5.74, 6) is 0.570. The van der Waals surface area contributed by atoms with Crippen molar-refractivity contribution in [3.05, 3.63) is 54.4 Å². The quantitative estimate of drug-likeness (QED) is 0.740. The van der Waals surface area contributed by atoms with E-state index in [1.54, 1.807) is 48.8 Å². The number of pyridine rings is 1. The monoisotopic (exact) mass is 335 g/mol. The van der Waals surface area contributed by atoms with Gasteiger partial charge in [0.25, 0.3) is 5.91 Å². The molecule has 0 saturated heterocycles. The maximum Gasteiger partial charge on any atom is 0.255 e. The Hall–Kier alpha value is -2.45. The maximum atomic E-state index is 12.2. The molecule has 0 fully saturated rings. The fourth-order valence-corrected chi connectivity index (χ4v) is 2.26. The lowest BCUT2D eigenvalue weighted by atomic mass is 10.2. The minimum absolute atomic E-state index is 0.121. The molecule has 0 aliphatic carbocycles. The predicted molar refractivity (Wildman–Crippen MR) is 85.9 cm³/mol. The standard InChI is InChI=1S/C15H17N3O4S/c1-23(20,21)18-10-9-17-15(19)13-6-2-3-7-14(13)22-12-5-4-8-16-11-12/h2-8,11,18H,9-10H2,1H3,(H,17,19). The first-order chi connectivity index (χ1) is 11.0. The maximum absolute atomic E-state index is 12.2. The van der Waals surface area contributed by atoms with E-state index < -0.39 is 10.0 Å². The fraction of sp³-hybridized carbons (Fsp3) is 0.200. The molecule has 7 nitrogen and oxygen atoms in total. The summed E-state index contributed by atoms with van der Waals surface area (Å²) in [5, 5.41) is 2.64. The molecule has 0 bridgehead atoms. The van der Waals surface area contributed by atoms with Crippen LogP contribution in [-0.2, 0) is 10.0 Å². The Kier molecular flexibility index (Phi) is 5.67. The van der Waals surface area contributed by atoms with Gasteiger partial charge in [-0.2, -0.15) is 0 Å². The first-order valence-corrected chi connectivity index (χ1v) is 8.74. The first-order valence-electron chi connectivity index (χ1n) is 6.85. The minimum atomic E-state index is -3.27. The van der Waals surface area contributed by atoms with E-state index >= 15 is 0 Å². The molecular weight excluding hydrogens is 318 g/mol. The van der Waals surface area contributed by atoms with Gasteiger partial charge in [0.05, 0.1) is 18.0 Å². The molecule has 0 aliphatic rings. The highest BCUT2D eigenvalue weighted by Gasteiger charge is 2.12. The third-order valence-corrected chi connectivity index (χ3v) is 3.50. The number of sulfonamides is 1. The highest BCUT2D eigenvalue weighted by atomic mass is 32.2. The molecule has 2 N–H and O–H groups in total. The van der Waals surface area contributed by atoms with Gasteiger partial charge in [0.2, 0.25) is 10.0 Å². The summed E-state index contributed by atoms with van der Waals surface area (Å²) in [6, 6.07) is 10.3. The Balaban J connectivity index is 2.00. The van der Waals surface area contributed by atoms with Crippen molar-refractivity contribution >= 4 is 15.9 Å². The molecule has 0 aliphatic heterocycles. The highest BCUT2D eigenvalue weighted by Crippen LogP contribution is 2.24. The third-order valence-electron chi connectivity index (χ3n) is 2.77. The van der Waals surface area contributed by atoms with Gasteiger partial charge >= 0.3 is 0 Å². The second-order valence-electron chi connectivity index (χ2n) is 4.71. The van der Waals surface area contributed by atoms with Gasteiger partial charge in [-0.1, -0.05) is 12.1 Å². The van der Waals surface area contributed by atoms with Crippen molar-refractivity contribution < 1.29 is 17.9 Å². The van der Waals surface area contributed by atoms with Gasteiger partial charge in [-0.15, -0.1) is 0 Å². The lowest BCUT2D eigenvalue weighted by Crippen LogP contribution is -2.34. The number of rotatable bonds is 7. The van der Waals surface area contributed by atoms with Crippen LogP contribution in [0.3, 0.4) is 0 Å². The van der Waals surface area contributed by atoms with Crippen LogP contribution in [0.4, 0.5) is 0 Å². The molecule has 1 amide bonds. The number of aromatic nitrogens is 1. The predicted octanol–water partition coefficient (Wildman–Crippen LogP) is 1.15. The van der Waals surface area contributed by atoms with E-state index in [-0.39, 0.29) is 19.0 Å². The van der Waals surface area contributed by atoms with Gasteiger partial charge in [-0.3, -0.25) is 9.78 Å². The molecule has 2 rings (SSSR count). The van der Waals surface area contributed by atoms with Crippen LogP contribution in [-0.4, -0.2) is 38.7 Å². The summed E-state index contributed by atoms with van der Waals surface area (Å²) in [6.07, 6.45) is 4.23. The number of carbonyl (C=O) groups is 1. The molecule has 2 aromatic rings. The van der Waals surface area contributed by atoms with Crippen molar-refractivity contribution in [1.29, 1.82) is 0 Å². The van der Waals surface area contributed by atoms with Gasteiger partial charge in [0, 0.05) is 19.3 Å². The second kappa shape index (κ2) is 7.70. The van der Waals surface area contributed by atoms with E-state index in [1.165, 1.54) is 0 Å². The fourth-order valence-electron chi connectivity index (χ4n) is 1.79. The lowest BCUT2D eigenvalue weighted by molar-refractivity contribution is 0.0952. The average molecular weight is 335 g/mol. The van der Waals surface area contributed by atoms with E-state index in [4.69, 9.17) is 4.74 Å². The highest BCUT2D eigenvalue weighted by molar-refractivity contribution is 7.88. The Bertz CT molecular complexity index is 763. The van der Waals surface area contributed by atoms with E-state index in [9.17, 15) is 13.2 Å². The topological polar surface area (TPSA) is 97.4 Å². The number of carbonyl (C=O) groups excluding carboxylic acids is 1. The van der Waals surface area contributed by atoms with Gasteiger partial charge in [0.15, 0.2) is 0 Å². The molecule has 0 saturated carbocycles. The van der Waals surface area contributed by atoms with Crippen LogP contribution in [0, 0.1) is 0 Å². The van der Waals surface area contributed by atoms with Gasteiger partial charge in [-0.05, 0) is 24.3 Å². The van der Waals surface area contributed by atoms with E-state index in [2.05, 4.69) is 15.0 Å². The van der Waals surface area contributed by atoms with Crippen LogP contribution in [0.5, 0.6) is 11.5 Å². The Morgan fingerprint density at radius 3 is 2.65 bits per heavy atom. The molecule has 0 radical (unpaired) electrons. The molecule has 0 atom stereocenters. The number of para-hydroxylation sites is 1. The van der Waals surface area contributed by atoms with Crippen molar-refractivity contribution in [2.24, 2.45) is 0 Å². The number of ether oxygens (including phenoxy) is 1. The largest absolute Gasteiger partial charge is 0.455 e. The second-order valence-corrected chi connectivity index (χ2v) is 6.54. The Morgan fingerprint density at radius 2 is 1.96 bits per heavy atom. The molecule has 8 heteroatoms. The summed E-state index contributed by atoms with van der Waals surface area (Å²) in [5.41, 5.74) is 0.357. The van der Waals surface area contributed by atoms with Crippen LogP contribution in [0.25, 0.3) is 0 Å². The summed E-state index contributed by atoms with van der Waals surface area (Å²) < 4.78 is 29.9. The van der Waals surface area contributed by atoms with E-state index in [1.807, 2.05) is 0 Å². The normalized spacial score (nSPS) is 11.0. The van der Waals surface area contributed by atoms with Crippen LogP contribution in [0.1, 0.15) is 10.4 Å². The van der Waals surface area contributed by atoms with Crippen LogP contribution >= 0.6 is 0 Å². The van der Waals surface area contributed by atoms with Crippen molar-refractivity contribution in [1.82, 2.24) is 15.0 Å². The molecule has 23 heavy (non-hydrogen) atoms. The average Bonchev–Trinajstić information content (AvgIpc) is 2.52. The van der Waals surface area contributed by atoms with Gasteiger partial charge < -0.3 is 10.1 Å². The lowest BCUT2D eigenvalue weighted by Gasteiger charge is -2.11. The number of benzene rings is 1. The Morgan fingerprint density at radius 1 is 1.17 bits per heavy atom. The number of nitrogens with zero attached hydrogens (tertiary/aromatic N) is 1. The van der Waals surface area contributed by atoms with Crippen LogP contribution in [0.2, 0.25) is 0 Å². The molecule has 0 spiro atoms. The van der Waals surface area contributed by atoms with Gasteiger partial charge in [0.1, 0.15) is 11.5 Å². The zero-order valence-electron chi connectivity index (χ0n) is 12.5. The molecule has 0 unspecified atom stereocenters. The molecule has 1 heterocycles. The first kappa shape index (κ1) is 16.9. The Labute approximate surface area is 134 Å². The number of nitrogens with one attached hydrogen (secondary N) is 2. The zero-order chi connectivity index (χ0) is 16.7. The number of hydrogen-bond acceptors (Lipinski definition) is 5. The van der Waals surface area contributed by atoms with E-state index in [0.717, 1.165) is 6.26 Å². The molecule has 1 aromatic heterocycles. The summed E-state index contributed by atoms with van der Waals surface area (Å²) in [6.45, 7) is 0.295. The molecular formula is C15H17N3O4S. The van der Waals surface area contributed by atoms with Gasteiger partial charge in [-0.25, -0.2) is 13.1 Å². The summed E-state index contributed by atoms with van der Waals surface area (Å²) >= 11 is 0. The SMILES string of the molecule is CS(=O)(=O)NCCNC(=O)c1ccccc1Oc1cccnc1. The van der Waals surface area contributed by atoms with Crippen LogP contribution in [0.15, 0.2) is 48.8 Å². The molecule has 1 aromatic carbocycles. The van der Waals surface area contributed by atoms with Crippen molar-refractivity contribution in [2.45, 2.75) is 0 Å². The van der Waals surface area contributed by atoms with Crippen molar-refractivity contribution in [2.75, 3.05) is 19.3 Å². The summed E-state index contributed by atoms with van der Waals surface area (Å²) in [7, 11) is -3.27.